The third-order valence-electron chi connectivity index (χ3n) is 1.74. The van der Waals surface area contributed by atoms with Crippen LogP contribution < -0.4 is 5.73 Å². The number of aliphatic carboxylic acids is 1. The van der Waals surface area contributed by atoms with Gasteiger partial charge in [-0.15, -0.1) is 0 Å². The molecule has 0 unspecified atom stereocenters. The van der Waals surface area contributed by atoms with Gasteiger partial charge in [-0.05, 0) is 20.3 Å². The summed E-state index contributed by atoms with van der Waals surface area (Å²) in [5, 5.41) is 8.55. The van der Waals surface area contributed by atoms with E-state index in [1.54, 1.807) is 0 Å². The first-order valence-electron chi connectivity index (χ1n) is 4.83. The maximum Gasteiger partial charge on any atom is 0.320 e. The molecular formula is C9H19NO4. The number of hydrogen-bond donors (Lipinski definition) is 2. The Morgan fingerprint density at radius 3 is 2.14 bits per heavy atom. The fourth-order valence-corrected chi connectivity index (χ4v) is 1.03. The Morgan fingerprint density at radius 1 is 1.29 bits per heavy atom. The molecule has 0 heterocycles. The molecule has 14 heavy (non-hydrogen) atoms. The molecule has 5 nitrogen and oxygen atoms in total. The van der Waals surface area contributed by atoms with Crippen molar-refractivity contribution in [3.63, 3.8) is 0 Å². The van der Waals surface area contributed by atoms with E-state index in [4.69, 9.17) is 20.3 Å². The zero-order chi connectivity index (χ0) is 11.0. The minimum atomic E-state index is -0.989. The van der Waals surface area contributed by atoms with E-state index in [9.17, 15) is 4.79 Å². The number of hydrogen-bond acceptors (Lipinski definition) is 4. The molecule has 0 saturated carbocycles. The van der Waals surface area contributed by atoms with Crippen LogP contribution >= 0.6 is 0 Å². The third kappa shape index (κ3) is 5.90. The molecule has 0 bridgehead atoms. The van der Waals surface area contributed by atoms with Crippen molar-refractivity contribution in [2.45, 2.75) is 39.0 Å². The zero-order valence-corrected chi connectivity index (χ0v) is 8.73. The van der Waals surface area contributed by atoms with Gasteiger partial charge in [-0.1, -0.05) is 0 Å². The largest absolute Gasteiger partial charge is 0.480 e. The number of carboxylic acids is 1. The first-order chi connectivity index (χ1) is 6.61. The summed E-state index contributed by atoms with van der Waals surface area (Å²) in [6.45, 7) is 4.83. The highest BCUT2D eigenvalue weighted by atomic mass is 16.7. The quantitative estimate of drug-likeness (QED) is 0.566. The molecule has 0 spiro atoms. The van der Waals surface area contributed by atoms with Crippen LogP contribution in [-0.4, -0.2) is 36.6 Å². The Labute approximate surface area is 84.2 Å². The second kappa shape index (κ2) is 7.73. The van der Waals surface area contributed by atoms with Gasteiger partial charge in [0.1, 0.15) is 6.04 Å². The van der Waals surface area contributed by atoms with E-state index in [2.05, 4.69) is 0 Å². The second-order valence-corrected chi connectivity index (χ2v) is 2.86. The highest BCUT2D eigenvalue weighted by Gasteiger charge is 2.15. The van der Waals surface area contributed by atoms with Crippen LogP contribution in [0.25, 0.3) is 0 Å². The van der Waals surface area contributed by atoms with Crippen LogP contribution in [0.5, 0.6) is 0 Å². The Balaban J connectivity index is 3.74. The smallest absolute Gasteiger partial charge is 0.320 e. The lowest BCUT2D eigenvalue weighted by atomic mass is 10.1. The molecule has 0 saturated heterocycles. The van der Waals surface area contributed by atoms with Crippen molar-refractivity contribution in [1.29, 1.82) is 0 Å². The van der Waals surface area contributed by atoms with E-state index in [0.717, 1.165) is 0 Å². The van der Waals surface area contributed by atoms with Crippen LogP contribution in [0.2, 0.25) is 0 Å². The van der Waals surface area contributed by atoms with Gasteiger partial charge >= 0.3 is 5.97 Å². The molecule has 0 aromatic heterocycles. The van der Waals surface area contributed by atoms with Gasteiger partial charge in [0, 0.05) is 19.6 Å². The van der Waals surface area contributed by atoms with Crippen LogP contribution in [0, 0.1) is 0 Å². The molecule has 0 radical (unpaired) electrons. The molecule has 0 aromatic carbocycles. The molecule has 0 fully saturated rings. The first-order valence-corrected chi connectivity index (χ1v) is 4.83. The Morgan fingerprint density at radius 2 is 1.79 bits per heavy atom. The van der Waals surface area contributed by atoms with Crippen LogP contribution in [0.15, 0.2) is 0 Å². The molecule has 0 aromatic rings. The number of carboxylic acid groups (broad SMARTS) is 1. The fraction of sp³-hybridized carbons (Fsp3) is 0.889. The van der Waals surface area contributed by atoms with Crippen LogP contribution in [0.3, 0.4) is 0 Å². The van der Waals surface area contributed by atoms with Crippen molar-refractivity contribution in [3.05, 3.63) is 0 Å². The van der Waals surface area contributed by atoms with E-state index in [1.165, 1.54) is 0 Å². The Bertz CT molecular complexity index is 157. The highest BCUT2D eigenvalue weighted by Crippen LogP contribution is 2.06. The second-order valence-electron chi connectivity index (χ2n) is 2.86. The molecule has 0 aliphatic heterocycles. The average Bonchev–Trinajstić information content (AvgIpc) is 2.14. The van der Waals surface area contributed by atoms with Gasteiger partial charge in [0.05, 0.1) is 0 Å². The lowest BCUT2D eigenvalue weighted by Crippen LogP contribution is -2.32. The molecular weight excluding hydrogens is 186 g/mol. The van der Waals surface area contributed by atoms with Gasteiger partial charge in [-0.25, -0.2) is 0 Å². The summed E-state index contributed by atoms with van der Waals surface area (Å²) < 4.78 is 10.5. The first kappa shape index (κ1) is 13.4. The summed E-state index contributed by atoms with van der Waals surface area (Å²) >= 11 is 0. The summed E-state index contributed by atoms with van der Waals surface area (Å²) in [6, 6.07) is -0.835. The van der Waals surface area contributed by atoms with Crippen LogP contribution in [0.1, 0.15) is 26.7 Å². The number of ether oxygens (including phenoxy) is 2. The Hall–Kier alpha value is -0.650. The monoisotopic (exact) mass is 205 g/mol. The summed E-state index contributed by atoms with van der Waals surface area (Å²) in [5.41, 5.74) is 5.35. The maximum atomic E-state index is 10.4. The summed E-state index contributed by atoms with van der Waals surface area (Å²) in [6.07, 6.45) is 0.533. The van der Waals surface area contributed by atoms with Crippen molar-refractivity contribution < 1.29 is 19.4 Å². The molecule has 84 valence electrons. The van der Waals surface area contributed by atoms with E-state index >= 15 is 0 Å². The fourth-order valence-electron chi connectivity index (χ4n) is 1.03. The number of nitrogens with two attached hydrogens (primary N) is 1. The van der Waals surface area contributed by atoms with Crippen molar-refractivity contribution in [3.8, 4) is 0 Å². The van der Waals surface area contributed by atoms with Crippen LogP contribution in [-0.2, 0) is 14.3 Å². The minimum Gasteiger partial charge on any atom is -0.480 e. The zero-order valence-electron chi connectivity index (χ0n) is 8.73. The normalized spacial score (nSPS) is 13.1. The van der Waals surface area contributed by atoms with Gasteiger partial charge in [0.25, 0.3) is 0 Å². The summed E-state index contributed by atoms with van der Waals surface area (Å²) in [4.78, 5) is 10.4. The SMILES string of the molecule is CCOC(CC[C@H](N)C(=O)O)OCC. The van der Waals surface area contributed by atoms with Gasteiger partial charge in [0.2, 0.25) is 0 Å². The van der Waals surface area contributed by atoms with E-state index in [1.807, 2.05) is 13.8 Å². The molecule has 1 atom stereocenters. The van der Waals surface area contributed by atoms with Crippen LogP contribution in [0.4, 0.5) is 0 Å². The van der Waals surface area contributed by atoms with E-state index < -0.39 is 12.0 Å². The Kier molecular flexibility index (Phi) is 7.37. The standard InChI is InChI=1S/C9H19NO4/c1-3-13-8(14-4-2)6-5-7(10)9(11)12/h7-8H,3-6,10H2,1-2H3,(H,11,12)/t7-/m0/s1. The molecule has 0 rings (SSSR count). The van der Waals surface area contributed by atoms with E-state index in [-0.39, 0.29) is 6.29 Å². The molecule has 0 aliphatic rings. The third-order valence-corrected chi connectivity index (χ3v) is 1.74. The molecule has 5 heteroatoms. The lowest BCUT2D eigenvalue weighted by Gasteiger charge is -2.17. The predicted molar refractivity (Wildman–Crippen MR) is 51.9 cm³/mol. The average molecular weight is 205 g/mol. The predicted octanol–water partition coefficient (Wildman–Crippen LogP) is 0.578. The van der Waals surface area contributed by atoms with Gasteiger partial charge in [-0.2, -0.15) is 0 Å². The topological polar surface area (TPSA) is 81.8 Å². The van der Waals surface area contributed by atoms with Crippen molar-refractivity contribution in [1.82, 2.24) is 0 Å². The van der Waals surface area contributed by atoms with Gasteiger partial charge in [-0.3, -0.25) is 4.79 Å². The maximum absolute atomic E-state index is 10.4. The molecule has 3 N–H and O–H groups in total. The van der Waals surface area contributed by atoms with Gasteiger partial charge < -0.3 is 20.3 Å². The molecule has 0 amide bonds. The minimum absolute atomic E-state index is 0.338. The number of carbonyl (C=O) groups is 1. The molecule has 0 aliphatic carbocycles. The number of rotatable bonds is 8. The van der Waals surface area contributed by atoms with Crippen molar-refractivity contribution in [2.24, 2.45) is 5.73 Å². The van der Waals surface area contributed by atoms with Crippen molar-refractivity contribution in [2.75, 3.05) is 13.2 Å². The van der Waals surface area contributed by atoms with E-state index in [0.29, 0.717) is 26.1 Å². The van der Waals surface area contributed by atoms with Crippen molar-refractivity contribution >= 4 is 5.97 Å². The van der Waals surface area contributed by atoms with Gasteiger partial charge in [0.15, 0.2) is 6.29 Å². The summed E-state index contributed by atoms with van der Waals surface area (Å²) in [7, 11) is 0. The lowest BCUT2D eigenvalue weighted by molar-refractivity contribution is -0.145. The highest BCUT2D eigenvalue weighted by molar-refractivity contribution is 5.72. The summed E-state index contributed by atoms with van der Waals surface area (Å²) in [5.74, 6) is -0.989.